The lowest BCUT2D eigenvalue weighted by Gasteiger charge is -2.40. The lowest BCUT2D eigenvalue weighted by Crippen LogP contribution is -2.49. The van der Waals surface area contributed by atoms with E-state index in [2.05, 4.69) is 11.8 Å². The van der Waals surface area contributed by atoms with Crippen molar-refractivity contribution in [1.82, 2.24) is 0 Å². The molecule has 116 valence electrons. The molecular weight excluding hydrogens is 286 g/mol. The number of carbonyl (C=O) groups is 1. The first kappa shape index (κ1) is 16.2. The highest BCUT2D eigenvalue weighted by Gasteiger charge is 2.29. The van der Waals surface area contributed by atoms with E-state index in [9.17, 15) is 9.90 Å². The van der Waals surface area contributed by atoms with Gasteiger partial charge in [0, 0.05) is 11.4 Å². The van der Waals surface area contributed by atoms with Crippen LogP contribution in [0.5, 0.6) is 0 Å². The fourth-order valence-electron chi connectivity index (χ4n) is 2.73. The first-order chi connectivity index (χ1) is 10.1. The fourth-order valence-corrected chi connectivity index (χ4v) is 3.55. The van der Waals surface area contributed by atoms with E-state index in [1.54, 1.807) is 11.8 Å². The van der Waals surface area contributed by atoms with E-state index in [-0.39, 0.29) is 12.1 Å². The molecule has 1 aromatic rings. The highest BCUT2D eigenvalue weighted by molar-refractivity contribution is 7.99. The number of carboxylic acid groups (broad SMARTS) is 1. The maximum absolute atomic E-state index is 11.8. The molecule has 1 aliphatic heterocycles. The van der Waals surface area contributed by atoms with Gasteiger partial charge in [-0.1, -0.05) is 19.9 Å². The first-order valence-corrected chi connectivity index (χ1v) is 8.44. The molecule has 2 rings (SSSR count). The van der Waals surface area contributed by atoms with Gasteiger partial charge in [0.1, 0.15) is 0 Å². The number of thioether (sulfide) groups is 1. The van der Waals surface area contributed by atoms with E-state index in [0.717, 1.165) is 29.3 Å². The summed E-state index contributed by atoms with van der Waals surface area (Å²) in [5.74, 6) is 0.0102. The number of ether oxygens (including phenoxy) is 1. The number of hydrogen-bond donors (Lipinski definition) is 1. The van der Waals surface area contributed by atoms with Crippen LogP contribution in [0.2, 0.25) is 0 Å². The van der Waals surface area contributed by atoms with Gasteiger partial charge in [-0.3, -0.25) is 0 Å². The maximum Gasteiger partial charge on any atom is 0.338 e. The number of benzene rings is 1. The van der Waals surface area contributed by atoms with Crippen molar-refractivity contribution in [3.8, 4) is 0 Å². The number of anilines is 1. The molecule has 1 aliphatic rings. The molecule has 0 aromatic heterocycles. The minimum atomic E-state index is -0.851. The zero-order valence-electron chi connectivity index (χ0n) is 12.8. The Hall–Kier alpha value is -1.20. The van der Waals surface area contributed by atoms with E-state index in [4.69, 9.17) is 4.74 Å². The second-order valence-electron chi connectivity index (χ2n) is 5.25. The van der Waals surface area contributed by atoms with E-state index in [0.29, 0.717) is 12.2 Å². The number of hydrogen-bond acceptors (Lipinski definition) is 4. The highest BCUT2D eigenvalue weighted by atomic mass is 32.2. The molecule has 0 bridgehead atoms. The topological polar surface area (TPSA) is 49.8 Å². The van der Waals surface area contributed by atoms with Crippen LogP contribution < -0.4 is 4.90 Å². The Labute approximate surface area is 130 Å². The molecule has 0 aliphatic carbocycles. The van der Waals surface area contributed by atoms with E-state index >= 15 is 0 Å². The van der Waals surface area contributed by atoms with Gasteiger partial charge >= 0.3 is 5.97 Å². The van der Waals surface area contributed by atoms with Crippen molar-refractivity contribution in [3.63, 3.8) is 0 Å². The molecule has 21 heavy (non-hydrogen) atoms. The van der Waals surface area contributed by atoms with E-state index < -0.39 is 5.97 Å². The lowest BCUT2D eigenvalue weighted by atomic mass is 10.1. The molecule has 0 radical (unpaired) electrons. The SMILES string of the molecule is CCSc1cccc(N2CC(C)OCC2CC)c1C(=O)O. The fraction of sp³-hybridized carbons (Fsp3) is 0.562. The van der Waals surface area contributed by atoms with Gasteiger partial charge in [0.2, 0.25) is 0 Å². The van der Waals surface area contributed by atoms with Crippen molar-refractivity contribution in [2.75, 3.05) is 23.8 Å². The molecule has 1 saturated heterocycles. The summed E-state index contributed by atoms with van der Waals surface area (Å²) >= 11 is 1.58. The predicted molar refractivity (Wildman–Crippen MR) is 86.6 cm³/mol. The Morgan fingerprint density at radius 3 is 2.86 bits per heavy atom. The number of morpholine rings is 1. The van der Waals surface area contributed by atoms with Crippen LogP contribution in [0.4, 0.5) is 5.69 Å². The van der Waals surface area contributed by atoms with Crippen LogP contribution >= 0.6 is 11.8 Å². The smallest absolute Gasteiger partial charge is 0.338 e. The van der Waals surface area contributed by atoms with Crippen LogP contribution in [-0.2, 0) is 4.74 Å². The second kappa shape index (κ2) is 7.18. The van der Waals surface area contributed by atoms with Crippen LogP contribution in [0.25, 0.3) is 0 Å². The normalized spacial score (nSPS) is 22.3. The van der Waals surface area contributed by atoms with Crippen LogP contribution in [0, 0.1) is 0 Å². The molecule has 0 spiro atoms. The molecule has 1 aromatic carbocycles. The summed E-state index contributed by atoms with van der Waals surface area (Å²) in [5, 5.41) is 9.66. The lowest BCUT2D eigenvalue weighted by molar-refractivity contribution is 0.0297. The first-order valence-electron chi connectivity index (χ1n) is 7.45. The zero-order chi connectivity index (χ0) is 15.4. The van der Waals surface area contributed by atoms with Gasteiger partial charge in [-0.2, -0.15) is 0 Å². The maximum atomic E-state index is 11.8. The predicted octanol–water partition coefficient (Wildman–Crippen LogP) is 3.50. The molecule has 1 N–H and O–H groups in total. The minimum Gasteiger partial charge on any atom is -0.478 e. The van der Waals surface area contributed by atoms with Gasteiger partial charge in [0.15, 0.2) is 0 Å². The van der Waals surface area contributed by atoms with Gasteiger partial charge in [-0.05, 0) is 31.2 Å². The Balaban J connectivity index is 2.45. The van der Waals surface area contributed by atoms with E-state index in [1.165, 1.54) is 0 Å². The van der Waals surface area contributed by atoms with Gasteiger partial charge < -0.3 is 14.7 Å². The molecule has 4 nitrogen and oxygen atoms in total. The van der Waals surface area contributed by atoms with Crippen molar-refractivity contribution in [2.24, 2.45) is 0 Å². The molecule has 2 atom stereocenters. The zero-order valence-corrected chi connectivity index (χ0v) is 13.7. The Kier molecular flexibility index (Phi) is 5.53. The van der Waals surface area contributed by atoms with Crippen molar-refractivity contribution in [1.29, 1.82) is 0 Å². The summed E-state index contributed by atoms with van der Waals surface area (Å²) in [5.41, 5.74) is 1.25. The number of rotatable bonds is 5. The third kappa shape index (κ3) is 3.52. The summed E-state index contributed by atoms with van der Waals surface area (Å²) in [6, 6.07) is 6.00. The minimum absolute atomic E-state index is 0.122. The van der Waals surface area contributed by atoms with Crippen LogP contribution in [0.15, 0.2) is 23.1 Å². The number of aromatic carboxylic acids is 1. The number of nitrogens with zero attached hydrogens (tertiary/aromatic N) is 1. The summed E-state index contributed by atoms with van der Waals surface area (Å²) in [6.07, 6.45) is 1.06. The quantitative estimate of drug-likeness (QED) is 0.844. The molecule has 2 unspecified atom stereocenters. The Morgan fingerprint density at radius 1 is 1.48 bits per heavy atom. The Morgan fingerprint density at radius 2 is 2.24 bits per heavy atom. The standard InChI is InChI=1S/C16H23NO3S/c1-4-12-10-20-11(3)9-17(12)13-7-6-8-14(21-5-2)15(13)16(18)19/h6-8,11-12H,4-5,9-10H2,1-3H3,(H,18,19). The van der Waals surface area contributed by atoms with Gasteiger partial charge in [-0.15, -0.1) is 11.8 Å². The van der Waals surface area contributed by atoms with Crippen LogP contribution in [0.1, 0.15) is 37.6 Å². The second-order valence-corrected chi connectivity index (χ2v) is 6.55. The van der Waals surface area contributed by atoms with Crippen molar-refractivity contribution >= 4 is 23.4 Å². The van der Waals surface area contributed by atoms with Crippen molar-refractivity contribution in [2.45, 2.75) is 44.2 Å². The van der Waals surface area contributed by atoms with Crippen LogP contribution in [0.3, 0.4) is 0 Å². The van der Waals surface area contributed by atoms with Crippen LogP contribution in [-0.4, -0.2) is 42.1 Å². The Bertz CT molecular complexity index is 506. The van der Waals surface area contributed by atoms with E-state index in [1.807, 2.05) is 32.0 Å². The summed E-state index contributed by atoms with van der Waals surface area (Å²) in [7, 11) is 0. The van der Waals surface area contributed by atoms with Gasteiger partial charge in [0.05, 0.1) is 30.0 Å². The molecule has 5 heteroatoms. The molecule has 1 heterocycles. The average molecular weight is 309 g/mol. The third-order valence-electron chi connectivity index (χ3n) is 3.77. The third-order valence-corrected chi connectivity index (χ3v) is 4.71. The number of carboxylic acids is 1. The largest absolute Gasteiger partial charge is 0.478 e. The molecule has 0 saturated carbocycles. The average Bonchev–Trinajstić information content (AvgIpc) is 2.47. The summed E-state index contributed by atoms with van der Waals surface area (Å²) in [6.45, 7) is 7.57. The van der Waals surface area contributed by atoms with Crippen molar-refractivity contribution < 1.29 is 14.6 Å². The summed E-state index contributed by atoms with van der Waals surface area (Å²) in [4.78, 5) is 14.8. The molecular formula is C16H23NO3S. The molecule has 0 amide bonds. The van der Waals surface area contributed by atoms with Gasteiger partial charge in [-0.25, -0.2) is 4.79 Å². The molecule has 1 fully saturated rings. The highest BCUT2D eigenvalue weighted by Crippen LogP contribution is 2.33. The monoisotopic (exact) mass is 309 g/mol. The summed E-state index contributed by atoms with van der Waals surface area (Å²) < 4.78 is 5.72. The van der Waals surface area contributed by atoms with Crippen molar-refractivity contribution in [3.05, 3.63) is 23.8 Å². The van der Waals surface area contributed by atoms with Gasteiger partial charge in [0.25, 0.3) is 0 Å².